The van der Waals surface area contributed by atoms with E-state index in [1.165, 1.54) is 12.2 Å². The van der Waals surface area contributed by atoms with Crippen molar-refractivity contribution in [1.29, 1.82) is 0 Å². The second kappa shape index (κ2) is 10.5. The van der Waals surface area contributed by atoms with Crippen LogP contribution in [-0.4, -0.2) is 11.9 Å². The number of hydrogen-bond acceptors (Lipinski definition) is 4. The molecule has 3 rings (SSSR count). The van der Waals surface area contributed by atoms with Crippen molar-refractivity contribution in [2.75, 3.05) is 0 Å². The molecular formula is C25H19IO4. The van der Waals surface area contributed by atoms with Gasteiger partial charge in [0.15, 0.2) is 0 Å². The van der Waals surface area contributed by atoms with Crippen molar-refractivity contribution < 1.29 is 19.1 Å². The minimum Gasteiger partial charge on any atom is -0.423 e. The van der Waals surface area contributed by atoms with Gasteiger partial charge >= 0.3 is 11.9 Å². The maximum absolute atomic E-state index is 12.0. The van der Waals surface area contributed by atoms with E-state index in [0.717, 1.165) is 20.3 Å². The van der Waals surface area contributed by atoms with Crippen LogP contribution in [0, 0.1) is 10.5 Å². The van der Waals surface area contributed by atoms with Crippen molar-refractivity contribution in [1.82, 2.24) is 0 Å². The fourth-order valence-corrected chi connectivity index (χ4v) is 2.82. The molecule has 0 aliphatic heterocycles. The normalized spacial score (nSPS) is 11.0. The second-order valence-corrected chi connectivity index (χ2v) is 7.69. The first-order valence-corrected chi connectivity index (χ1v) is 10.3. The Morgan fingerprint density at radius 1 is 0.667 bits per heavy atom. The number of ether oxygens (including phenoxy) is 2. The largest absolute Gasteiger partial charge is 0.423 e. The van der Waals surface area contributed by atoms with Gasteiger partial charge in [-0.15, -0.1) is 0 Å². The number of esters is 2. The lowest BCUT2D eigenvalue weighted by atomic mass is 10.1. The summed E-state index contributed by atoms with van der Waals surface area (Å²) < 4.78 is 11.6. The number of aryl methyl sites for hydroxylation is 1. The molecule has 0 saturated carbocycles. The van der Waals surface area contributed by atoms with Crippen LogP contribution in [0.4, 0.5) is 0 Å². The lowest BCUT2D eigenvalue weighted by Gasteiger charge is -2.04. The van der Waals surface area contributed by atoms with Gasteiger partial charge in [0, 0.05) is 15.7 Å². The molecule has 0 saturated heterocycles. The van der Waals surface area contributed by atoms with Gasteiger partial charge < -0.3 is 9.47 Å². The van der Waals surface area contributed by atoms with Crippen LogP contribution in [-0.2, 0) is 9.59 Å². The van der Waals surface area contributed by atoms with Crippen molar-refractivity contribution >= 4 is 46.7 Å². The smallest absolute Gasteiger partial charge is 0.336 e. The fraction of sp³-hybridized carbons (Fsp3) is 0.0400. The molecule has 0 atom stereocenters. The summed E-state index contributed by atoms with van der Waals surface area (Å²) in [6.07, 6.45) is 6.12. The molecule has 3 aromatic carbocycles. The molecule has 0 aromatic heterocycles. The van der Waals surface area contributed by atoms with E-state index < -0.39 is 11.9 Å². The van der Waals surface area contributed by atoms with Gasteiger partial charge in [-0.2, -0.15) is 0 Å². The predicted molar refractivity (Wildman–Crippen MR) is 126 cm³/mol. The molecule has 150 valence electrons. The molecule has 0 unspecified atom stereocenters. The second-order valence-electron chi connectivity index (χ2n) is 6.44. The van der Waals surface area contributed by atoms with Crippen LogP contribution in [0.5, 0.6) is 11.5 Å². The van der Waals surface area contributed by atoms with E-state index in [4.69, 9.17) is 9.47 Å². The summed E-state index contributed by atoms with van der Waals surface area (Å²) in [6.45, 7) is 2.00. The Kier molecular flexibility index (Phi) is 7.57. The van der Waals surface area contributed by atoms with Gasteiger partial charge in [0.1, 0.15) is 11.5 Å². The van der Waals surface area contributed by atoms with Crippen LogP contribution in [0.1, 0.15) is 16.7 Å². The summed E-state index contributed by atoms with van der Waals surface area (Å²) in [6, 6.07) is 21.8. The molecule has 0 radical (unpaired) electrons. The van der Waals surface area contributed by atoms with Gasteiger partial charge in [-0.1, -0.05) is 42.0 Å². The van der Waals surface area contributed by atoms with Gasteiger partial charge in [0.25, 0.3) is 0 Å². The summed E-state index contributed by atoms with van der Waals surface area (Å²) >= 11 is 2.22. The van der Waals surface area contributed by atoms with E-state index in [0.29, 0.717) is 11.5 Å². The Balaban J connectivity index is 1.51. The summed E-state index contributed by atoms with van der Waals surface area (Å²) in [4.78, 5) is 23.9. The Morgan fingerprint density at radius 2 is 1.07 bits per heavy atom. The van der Waals surface area contributed by atoms with E-state index in [9.17, 15) is 9.59 Å². The number of hydrogen-bond donors (Lipinski definition) is 0. The predicted octanol–water partition coefficient (Wildman–Crippen LogP) is 5.84. The van der Waals surface area contributed by atoms with Crippen molar-refractivity contribution in [3.8, 4) is 11.5 Å². The van der Waals surface area contributed by atoms with E-state index >= 15 is 0 Å². The van der Waals surface area contributed by atoms with E-state index in [-0.39, 0.29) is 0 Å². The fourth-order valence-electron chi connectivity index (χ4n) is 2.46. The third kappa shape index (κ3) is 7.00. The molecular weight excluding hydrogens is 491 g/mol. The standard InChI is InChI=1S/C25H19IO4/c1-18-2-4-19(5-3-18)8-16-24(27)29-22-12-14-23(15-13-22)30-25(28)17-9-20-6-10-21(26)11-7-20/h2-17H,1H3/b16-8+,17-9+. The average Bonchev–Trinajstić information content (AvgIpc) is 2.74. The third-order valence-corrected chi connectivity index (χ3v) is 4.75. The number of rotatable bonds is 6. The first kappa shape index (κ1) is 21.5. The molecule has 0 bridgehead atoms. The highest BCUT2D eigenvalue weighted by molar-refractivity contribution is 14.1. The van der Waals surface area contributed by atoms with E-state index in [2.05, 4.69) is 22.6 Å². The van der Waals surface area contributed by atoms with Crippen LogP contribution in [0.2, 0.25) is 0 Å². The summed E-state index contributed by atoms with van der Waals surface area (Å²) in [5, 5.41) is 0. The molecule has 5 heteroatoms. The highest BCUT2D eigenvalue weighted by Gasteiger charge is 2.04. The zero-order chi connectivity index (χ0) is 21.3. The van der Waals surface area contributed by atoms with Crippen molar-refractivity contribution in [3.05, 3.63) is 105 Å². The maximum atomic E-state index is 12.0. The monoisotopic (exact) mass is 510 g/mol. The Bertz CT molecular complexity index is 975. The maximum Gasteiger partial charge on any atom is 0.336 e. The van der Waals surface area contributed by atoms with Gasteiger partial charge in [-0.3, -0.25) is 0 Å². The molecule has 30 heavy (non-hydrogen) atoms. The Labute approximate surface area is 189 Å². The van der Waals surface area contributed by atoms with Crippen LogP contribution in [0.3, 0.4) is 0 Å². The van der Waals surface area contributed by atoms with E-state index in [1.54, 1.807) is 36.4 Å². The number of benzene rings is 3. The number of halogens is 1. The molecule has 0 fully saturated rings. The van der Waals surface area contributed by atoms with Gasteiger partial charge in [-0.05, 0) is 89.2 Å². The minimum atomic E-state index is -0.487. The van der Waals surface area contributed by atoms with Crippen LogP contribution < -0.4 is 9.47 Å². The van der Waals surface area contributed by atoms with Gasteiger partial charge in [0.05, 0.1) is 0 Å². The minimum absolute atomic E-state index is 0.363. The van der Waals surface area contributed by atoms with Crippen molar-refractivity contribution in [2.24, 2.45) is 0 Å². The Hall–Kier alpha value is -3.19. The summed E-state index contributed by atoms with van der Waals surface area (Å²) in [7, 11) is 0. The zero-order valence-corrected chi connectivity index (χ0v) is 18.4. The molecule has 4 nitrogen and oxygen atoms in total. The first-order chi connectivity index (χ1) is 14.5. The lowest BCUT2D eigenvalue weighted by Crippen LogP contribution is -2.05. The van der Waals surface area contributed by atoms with Crippen LogP contribution >= 0.6 is 22.6 Å². The van der Waals surface area contributed by atoms with Crippen LogP contribution in [0.25, 0.3) is 12.2 Å². The molecule has 0 N–H and O–H groups in total. The Morgan fingerprint density at radius 3 is 1.50 bits per heavy atom. The summed E-state index contributed by atoms with van der Waals surface area (Å²) in [5.74, 6) is -0.245. The highest BCUT2D eigenvalue weighted by atomic mass is 127. The van der Waals surface area contributed by atoms with Crippen molar-refractivity contribution in [2.45, 2.75) is 6.92 Å². The summed E-state index contributed by atoms with van der Waals surface area (Å²) in [5.41, 5.74) is 2.98. The molecule has 0 aliphatic rings. The molecule has 3 aromatic rings. The van der Waals surface area contributed by atoms with Crippen molar-refractivity contribution in [3.63, 3.8) is 0 Å². The molecule has 0 amide bonds. The number of carbonyl (C=O) groups is 2. The van der Waals surface area contributed by atoms with E-state index in [1.807, 2.05) is 55.5 Å². The third-order valence-electron chi connectivity index (χ3n) is 4.03. The molecule has 0 heterocycles. The SMILES string of the molecule is Cc1ccc(/C=C/C(=O)Oc2ccc(OC(=O)/C=C/c3ccc(I)cc3)cc2)cc1. The number of carbonyl (C=O) groups excluding carboxylic acids is 2. The molecule has 0 aliphatic carbocycles. The highest BCUT2D eigenvalue weighted by Crippen LogP contribution is 2.18. The zero-order valence-electron chi connectivity index (χ0n) is 16.2. The van der Waals surface area contributed by atoms with Crippen LogP contribution in [0.15, 0.2) is 84.9 Å². The quantitative estimate of drug-likeness (QED) is 0.181. The molecule has 0 spiro atoms. The topological polar surface area (TPSA) is 52.6 Å². The van der Waals surface area contributed by atoms with Gasteiger partial charge in [-0.25, -0.2) is 9.59 Å². The first-order valence-electron chi connectivity index (χ1n) is 9.20. The average molecular weight is 510 g/mol. The van der Waals surface area contributed by atoms with Gasteiger partial charge in [0.2, 0.25) is 0 Å². The lowest BCUT2D eigenvalue weighted by molar-refractivity contribution is -0.130.